The van der Waals surface area contributed by atoms with Crippen LogP contribution in [0.25, 0.3) is 11.1 Å². The molecule has 0 saturated heterocycles. The van der Waals surface area contributed by atoms with Crippen LogP contribution in [0, 0.1) is 11.8 Å². The fourth-order valence-electron chi connectivity index (χ4n) is 4.12. The van der Waals surface area contributed by atoms with Crippen LogP contribution in [0.15, 0.2) is 48.7 Å². The smallest absolute Gasteiger partial charge is 0.339 e. The minimum atomic E-state index is -3.52. The number of nitrogens with zero attached hydrogens (tertiary/aromatic N) is 1. The summed E-state index contributed by atoms with van der Waals surface area (Å²) in [6.07, 6.45) is 4.77. The predicted octanol–water partition coefficient (Wildman–Crippen LogP) is 4.38. The van der Waals surface area contributed by atoms with Gasteiger partial charge in [-0.2, -0.15) is 0 Å². The number of hydrogen-bond acceptors (Lipinski definition) is 7. The predicted molar refractivity (Wildman–Crippen MR) is 142 cm³/mol. The molecule has 0 bridgehead atoms. The van der Waals surface area contributed by atoms with Crippen molar-refractivity contribution in [2.45, 2.75) is 25.2 Å². The molecule has 0 unspecified atom stereocenters. The van der Waals surface area contributed by atoms with E-state index in [0.717, 1.165) is 35.8 Å². The van der Waals surface area contributed by atoms with Gasteiger partial charge in [-0.3, -0.25) is 4.72 Å². The van der Waals surface area contributed by atoms with E-state index in [4.69, 9.17) is 14.2 Å². The van der Waals surface area contributed by atoms with Crippen molar-refractivity contribution in [2.24, 2.45) is 0 Å². The van der Waals surface area contributed by atoms with E-state index >= 15 is 0 Å². The monoisotopic (exact) mass is 520 g/mol. The maximum Gasteiger partial charge on any atom is 0.339 e. The molecule has 4 rings (SSSR count). The van der Waals surface area contributed by atoms with Crippen LogP contribution >= 0.6 is 0 Å². The van der Waals surface area contributed by atoms with Crippen LogP contribution in [0.1, 0.15) is 46.8 Å². The number of ether oxygens (including phenoxy) is 3. The summed E-state index contributed by atoms with van der Waals surface area (Å²) in [6.45, 7) is 2.19. The van der Waals surface area contributed by atoms with Gasteiger partial charge in [0.25, 0.3) is 0 Å². The third-order valence-electron chi connectivity index (χ3n) is 6.28. The number of pyridine rings is 1. The highest BCUT2D eigenvalue weighted by atomic mass is 32.2. The number of sulfonamides is 1. The van der Waals surface area contributed by atoms with Crippen molar-refractivity contribution in [1.29, 1.82) is 0 Å². The molecule has 0 amide bonds. The lowest BCUT2D eigenvalue weighted by atomic mass is 9.90. The van der Waals surface area contributed by atoms with Crippen molar-refractivity contribution in [3.63, 3.8) is 0 Å². The lowest BCUT2D eigenvalue weighted by Gasteiger charge is -2.18. The molecule has 1 aromatic heterocycles. The second kappa shape index (κ2) is 10.1. The van der Waals surface area contributed by atoms with Crippen molar-refractivity contribution < 1.29 is 27.4 Å². The first-order valence-corrected chi connectivity index (χ1v) is 13.4. The molecule has 0 aliphatic heterocycles. The topological polar surface area (TPSA) is 104 Å². The molecular formula is C28H28N2O6S. The van der Waals surface area contributed by atoms with E-state index in [-0.39, 0.29) is 16.7 Å². The van der Waals surface area contributed by atoms with Gasteiger partial charge in [-0.15, -0.1) is 0 Å². The molecule has 2 aromatic carbocycles. The fraction of sp³-hybridized carbons (Fsp3) is 0.286. The number of aromatic nitrogens is 1. The number of anilines is 1. The number of rotatable bonds is 7. The van der Waals surface area contributed by atoms with Crippen molar-refractivity contribution in [1.82, 2.24) is 4.98 Å². The number of methoxy groups -OCH3 is 3. The summed E-state index contributed by atoms with van der Waals surface area (Å²) in [5, 5.41) is 0. The van der Waals surface area contributed by atoms with E-state index in [2.05, 4.69) is 34.5 Å². The molecule has 1 aliphatic rings. The summed E-state index contributed by atoms with van der Waals surface area (Å²) >= 11 is 0. The SMILES string of the molecule is COC(=O)c1cc(NS(C)(=O)=O)ccc1C#Cc1cc(-c2cccnc2OC)cc(C2(C)CC2)c1OC. The first-order chi connectivity index (χ1) is 17.6. The Balaban J connectivity index is 1.88. The van der Waals surface area contributed by atoms with Crippen molar-refractivity contribution >= 4 is 21.7 Å². The highest BCUT2D eigenvalue weighted by Crippen LogP contribution is 2.52. The molecule has 1 heterocycles. The van der Waals surface area contributed by atoms with E-state index in [9.17, 15) is 13.2 Å². The Morgan fingerprint density at radius 2 is 1.76 bits per heavy atom. The van der Waals surface area contributed by atoms with Crippen molar-refractivity contribution in [2.75, 3.05) is 32.3 Å². The normalized spacial score (nSPS) is 13.6. The average Bonchev–Trinajstić information content (AvgIpc) is 3.64. The van der Waals surface area contributed by atoms with E-state index in [1.54, 1.807) is 32.5 Å². The lowest BCUT2D eigenvalue weighted by Crippen LogP contribution is -2.11. The summed E-state index contributed by atoms with van der Waals surface area (Å²) in [4.78, 5) is 16.8. The zero-order valence-electron chi connectivity index (χ0n) is 21.3. The summed E-state index contributed by atoms with van der Waals surface area (Å²) in [6, 6.07) is 12.3. The van der Waals surface area contributed by atoms with Gasteiger partial charge in [-0.25, -0.2) is 18.2 Å². The van der Waals surface area contributed by atoms with Crippen LogP contribution in [0.2, 0.25) is 0 Å². The molecule has 8 nitrogen and oxygen atoms in total. The van der Waals surface area contributed by atoms with Gasteiger partial charge in [-0.1, -0.05) is 18.8 Å². The van der Waals surface area contributed by atoms with E-state index in [0.29, 0.717) is 22.8 Å². The maximum absolute atomic E-state index is 12.5. The molecule has 0 radical (unpaired) electrons. The Kier molecular flexibility index (Phi) is 7.14. The Morgan fingerprint density at radius 3 is 2.38 bits per heavy atom. The Hall–Kier alpha value is -4.03. The van der Waals surface area contributed by atoms with Gasteiger partial charge >= 0.3 is 5.97 Å². The summed E-state index contributed by atoms with van der Waals surface area (Å²) < 4.78 is 41.9. The number of esters is 1. The first kappa shape index (κ1) is 26.0. The zero-order chi connectivity index (χ0) is 26.8. The van der Waals surface area contributed by atoms with Crippen LogP contribution in [0.3, 0.4) is 0 Å². The molecule has 37 heavy (non-hydrogen) atoms. The van der Waals surface area contributed by atoms with Crippen molar-refractivity contribution in [3.8, 4) is 34.6 Å². The van der Waals surface area contributed by atoms with Gasteiger partial charge < -0.3 is 14.2 Å². The minimum Gasteiger partial charge on any atom is -0.495 e. The second-order valence-electron chi connectivity index (χ2n) is 9.10. The standard InChI is InChI=1S/C28H28N2O6S/c1-28(12-13-28)24-16-20(22-7-6-14-29-26(22)35-3)15-19(25(24)34-2)9-8-18-10-11-21(30-37(5,32)33)17-23(18)27(31)36-4/h6-7,10-11,14-17,30H,12-13H2,1-5H3. The molecule has 1 saturated carbocycles. The molecule has 0 spiro atoms. The van der Waals surface area contributed by atoms with E-state index in [1.165, 1.54) is 13.2 Å². The summed E-state index contributed by atoms with van der Waals surface area (Å²) in [5.74, 6) is 6.78. The highest BCUT2D eigenvalue weighted by molar-refractivity contribution is 7.92. The number of carbonyl (C=O) groups excluding carboxylic acids is 1. The Bertz CT molecular complexity index is 1530. The van der Waals surface area contributed by atoms with Crippen molar-refractivity contribution in [3.05, 3.63) is 70.9 Å². The molecule has 1 fully saturated rings. The first-order valence-electron chi connectivity index (χ1n) is 11.5. The molecule has 0 atom stereocenters. The third-order valence-corrected chi connectivity index (χ3v) is 6.89. The van der Waals surface area contributed by atoms with Gasteiger partial charge in [0.2, 0.25) is 15.9 Å². The second-order valence-corrected chi connectivity index (χ2v) is 10.9. The van der Waals surface area contributed by atoms with Crippen LogP contribution < -0.4 is 14.2 Å². The zero-order valence-corrected chi connectivity index (χ0v) is 22.2. The summed E-state index contributed by atoms with van der Waals surface area (Å²) in [5.41, 5.74) is 4.14. The molecule has 192 valence electrons. The molecule has 1 aliphatic carbocycles. The average molecular weight is 521 g/mol. The van der Waals surface area contributed by atoms with Gasteiger partial charge in [-0.05, 0) is 66.3 Å². The summed E-state index contributed by atoms with van der Waals surface area (Å²) in [7, 11) is 0.929. The molecule has 3 aromatic rings. The van der Waals surface area contributed by atoms with E-state index in [1.807, 2.05) is 18.2 Å². The van der Waals surface area contributed by atoms with E-state index < -0.39 is 16.0 Å². The maximum atomic E-state index is 12.5. The van der Waals surface area contributed by atoms with Gasteiger partial charge in [0.1, 0.15) is 5.75 Å². The van der Waals surface area contributed by atoms with Crippen LogP contribution in [-0.2, 0) is 20.2 Å². The van der Waals surface area contributed by atoms with Crippen LogP contribution in [-0.4, -0.2) is 47.0 Å². The number of hydrogen-bond donors (Lipinski definition) is 1. The van der Waals surface area contributed by atoms with Gasteiger partial charge in [0.05, 0.1) is 38.7 Å². The number of benzene rings is 2. The van der Waals surface area contributed by atoms with Crippen LogP contribution in [0.5, 0.6) is 11.6 Å². The fourth-order valence-corrected chi connectivity index (χ4v) is 4.67. The Morgan fingerprint density at radius 1 is 1.03 bits per heavy atom. The van der Waals surface area contributed by atoms with Gasteiger partial charge in [0.15, 0.2) is 0 Å². The third kappa shape index (κ3) is 5.70. The van der Waals surface area contributed by atoms with Crippen LogP contribution in [0.4, 0.5) is 5.69 Å². The highest BCUT2D eigenvalue weighted by Gasteiger charge is 2.42. The molecule has 1 N–H and O–H groups in total. The quantitative estimate of drug-likeness (QED) is 0.364. The molecule has 9 heteroatoms. The number of carbonyl (C=O) groups is 1. The lowest BCUT2D eigenvalue weighted by molar-refractivity contribution is 0.0600. The number of nitrogens with one attached hydrogen (secondary N) is 1. The molecular weight excluding hydrogens is 492 g/mol. The Labute approximate surface area is 217 Å². The van der Waals surface area contributed by atoms with Gasteiger partial charge in [0, 0.05) is 28.6 Å². The minimum absolute atomic E-state index is 0.0244. The largest absolute Gasteiger partial charge is 0.495 e.